The lowest BCUT2D eigenvalue weighted by molar-refractivity contribution is -0.123. The molecule has 1 aliphatic rings. The second-order valence-corrected chi connectivity index (χ2v) is 5.30. The van der Waals surface area contributed by atoms with E-state index in [0.29, 0.717) is 18.3 Å². The van der Waals surface area contributed by atoms with Crippen molar-refractivity contribution in [2.24, 2.45) is 0 Å². The van der Waals surface area contributed by atoms with Crippen LogP contribution in [0.25, 0.3) is 0 Å². The van der Waals surface area contributed by atoms with Gasteiger partial charge in [-0.05, 0) is 26.3 Å². The third-order valence-corrected chi connectivity index (χ3v) is 3.41. The van der Waals surface area contributed by atoms with Gasteiger partial charge in [0.2, 0.25) is 5.89 Å². The molecule has 5 heteroatoms. The average Bonchev–Trinajstić information content (AvgIpc) is 2.78. The zero-order chi connectivity index (χ0) is 13.1. The maximum absolute atomic E-state index is 11.6. The Balaban J connectivity index is 2.03. The van der Waals surface area contributed by atoms with Crippen LogP contribution in [0, 0.1) is 0 Å². The van der Waals surface area contributed by atoms with Crippen LogP contribution >= 0.6 is 0 Å². The Morgan fingerprint density at radius 2 is 2.28 bits per heavy atom. The van der Waals surface area contributed by atoms with Gasteiger partial charge in [0.05, 0.1) is 12.6 Å². The molecule has 1 fully saturated rings. The number of rotatable bonds is 4. The van der Waals surface area contributed by atoms with Crippen molar-refractivity contribution in [2.75, 3.05) is 6.54 Å². The standard InChI is InChI=1S/C13H21N3O2/c1-9(2)13-14-12(15-18-13)8-16-7-5-4-6-11(16)10(3)17/h9,11H,4-8H2,1-3H3. The summed E-state index contributed by atoms with van der Waals surface area (Å²) in [6.45, 7) is 7.27. The van der Waals surface area contributed by atoms with Crippen LogP contribution in [0.4, 0.5) is 0 Å². The van der Waals surface area contributed by atoms with Crippen LogP contribution in [0.2, 0.25) is 0 Å². The molecule has 0 amide bonds. The molecule has 1 atom stereocenters. The fourth-order valence-electron chi connectivity index (χ4n) is 2.39. The van der Waals surface area contributed by atoms with Gasteiger partial charge in [-0.1, -0.05) is 25.4 Å². The summed E-state index contributed by atoms with van der Waals surface area (Å²) in [6.07, 6.45) is 3.22. The van der Waals surface area contributed by atoms with Crippen LogP contribution in [-0.4, -0.2) is 33.4 Å². The van der Waals surface area contributed by atoms with Crippen molar-refractivity contribution in [1.82, 2.24) is 15.0 Å². The van der Waals surface area contributed by atoms with Crippen LogP contribution in [0.5, 0.6) is 0 Å². The average molecular weight is 251 g/mol. The summed E-state index contributed by atoms with van der Waals surface area (Å²) in [7, 11) is 0. The molecular formula is C13H21N3O2. The van der Waals surface area contributed by atoms with Crippen molar-refractivity contribution in [3.8, 4) is 0 Å². The maximum atomic E-state index is 11.6. The third-order valence-electron chi connectivity index (χ3n) is 3.41. The first-order valence-corrected chi connectivity index (χ1v) is 6.65. The minimum Gasteiger partial charge on any atom is -0.339 e. The minimum atomic E-state index is 0.0275. The lowest BCUT2D eigenvalue weighted by Gasteiger charge is -2.32. The zero-order valence-electron chi connectivity index (χ0n) is 11.3. The molecular weight excluding hydrogens is 230 g/mol. The highest BCUT2D eigenvalue weighted by molar-refractivity contribution is 5.81. The molecule has 0 N–H and O–H groups in total. The van der Waals surface area contributed by atoms with Gasteiger partial charge >= 0.3 is 0 Å². The predicted molar refractivity (Wildman–Crippen MR) is 67.1 cm³/mol. The van der Waals surface area contributed by atoms with E-state index < -0.39 is 0 Å². The van der Waals surface area contributed by atoms with Gasteiger partial charge in [-0.2, -0.15) is 4.98 Å². The summed E-state index contributed by atoms with van der Waals surface area (Å²) in [5.41, 5.74) is 0. The van der Waals surface area contributed by atoms with Gasteiger partial charge in [0.25, 0.3) is 0 Å². The number of hydrogen-bond donors (Lipinski definition) is 0. The number of aromatic nitrogens is 2. The monoisotopic (exact) mass is 251 g/mol. The summed E-state index contributed by atoms with van der Waals surface area (Å²) in [6, 6.07) is 0.0275. The number of piperidine rings is 1. The topological polar surface area (TPSA) is 59.2 Å². The Kier molecular flexibility index (Phi) is 4.11. The zero-order valence-corrected chi connectivity index (χ0v) is 11.3. The van der Waals surface area contributed by atoms with Gasteiger partial charge in [0.1, 0.15) is 5.78 Å². The van der Waals surface area contributed by atoms with E-state index in [4.69, 9.17) is 4.52 Å². The van der Waals surface area contributed by atoms with Crippen molar-refractivity contribution >= 4 is 5.78 Å². The van der Waals surface area contributed by atoms with Crippen molar-refractivity contribution in [2.45, 2.75) is 58.5 Å². The summed E-state index contributed by atoms with van der Waals surface area (Å²) in [5, 5.41) is 3.99. The number of carbonyl (C=O) groups is 1. The van der Waals surface area contributed by atoms with Gasteiger partial charge in [-0.3, -0.25) is 9.69 Å². The highest BCUT2D eigenvalue weighted by atomic mass is 16.5. The first kappa shape index (κ1) is 13.2. The molecule has 0 saturated carbocycles. The van der Waals surface area contributed by atoms with Gasteiger partial charge in [0.15, 0.2) is 5.82 Å². The second kappa shape index (κ2) is 5.61. The minimum absolute atomic E-state index is 0.0275. The number of carbonyl (C=O) groups excluding carboxylic acids is 1. The number of ketones is 1. The summed E-state index contributed by atoms with van der Waals surface area (Å²) in [5.74, 6) is 1.84. The van der Waals surface area contributed by atoms with Crippen LogP contribution in [-0.2, 0) is 11.3 Å². The van der Waals surface area contributed by atoms with Crippen molar-refractivity contribution in [1.29, 1.82) is 0 Å². The Morgan fingerprint density at radius 3 is 2.89 bits per heavy atom. The van der Waals surface area contributed by atoms with E-state index in [1.165, 1.54) is 0 Å². The molecule has 0 spiro atoms. The molecule has 0 radical (unpaired) electrons. The summed E-state index contributed by atoms with van der Waals surface area (Å²) in [4.78, 5) is 18.1. The first-order chi connectivity index (χ1) is 8.58. The van der Waals surface area contributed by atoms with Crippen LogP contribution < -0.4 is 0 Å². The lowest BCUT2D eigenvalue weighted by atomic mass is 9.99. The van der Waals surface area contributed by atoms with E-state index in [-0.39, 0.29) is 17.7 Å². The quantitative estimate of drug-likeness (QED) is 0.820. The van der Waals surface area contributed by atoms with E-state index >= 15 is 0 Å². The summed E-state index contributed by atoms with van der Waals surface area (Å²) >= 11 is 0. The molecule has 100 valence electrons. The van der Waals surface area contributed by atoms with Crippen molar-refractivity contribution in [3.63, 3.8) is 0 Å². The second-order valence-electron chi connectivity index (χ2n) is 5.30. The predicted octanol–water partition coefficient (Wildman–Crippen LogP) is 2.14. The maximum Gasteiger partial charge on any atom is 0.229 e. The molecule has 2 rings (SSSR count). The Labute approximate surface area is 108 Å². The van der Waals surface area contributed by atoms with Gasteiger partial charge in [-0.15, -0.1) is 0 Å². The van der Waals surface area contributed by atoms with Gasteiger partial charge in [0, 0.05) is 5.92 Å². The molecule has 1 saturated heterocycles. The Hall–Kier alpha value is -1.23. The van der Waals surface area contributed by atoms with Crippen LogP contribution in [0.15, 0.2) is 4.52 Å². The number of hydrogen-bond acceptors (Lipinski definition) is 5. The molecule has 1 aromatic rings. The molecule has 5 nitrogen and oxygen atoms in total. The van der Waals surface area contributed by atoms with Crippen molar-refractivity contribution in [3.05, 3.63) is 11.7 Å². The molecule has 1 aliphatic heterocycles. The third kappa shape index (κ3) is 2.96. The van der Waals surface area contributed by atoms with Gasteiger partial charge < -0.3 is 4.52 Å². The molecule has 2 heterocycles. The van der Waals surface area contributed by atoms with E-state index in [1.807, 2.05) is 13.8 Å². The highest BCUT2D eigenvalue weighted by Gasteiger charge is 2.27. The van der Waals surface area contributed by atoms with E-state index in [9.17, 15) is 4.79 Å². The number of likely N-dealkylation sites (tertiary alicyclic amines) is 1. The molecule has 0 aromatic carbocycles. The van der Waals surface area contributed by atoms with Crippen LogP contribution in [0.1, 0.15) is 57.7 Å². The first-order valence-electron chi connectivity index (χ1n) is 6.65. The molecule has 1 aromatic heterocycles. The Morgan fingerprint density at radius 1 is 1.50 bits per heavy atom. The normalized spacial score (nSPS) is 21.4. The SMILES string of the molecule is CC(=O)C1CCCCN1Cc1noc(C(C)C)n1. The number of Topliss-reactive ketones (excluding diaryl/α,β-unsaturated/α-hetero) is 1. The highest BCUT2D eigenvalue weighted by Crippen LogP contribution is 2.20. The van der Waals surface area contributed by atoms with Gasteiger partial charge in [-0.25, -0.2) is 0 Å². The summed E-state index contributed by atoms with van der Waals surface area (Å²) < 4.78 is 5.19. The van der Waals surface area contributed by atoms with E-state index in [1.54, 1.807) is 6.92 Å². The molecule has 0 aliphatic carbocycles. The molecule has 1 unspecified atom stereocenters. The van der Waals surface area contributed by atoms with E-state index in [0.717, 1.165) is 25.8 Å². The smallest absolute Gasteiger partial charge is 0.229 e. The number of nitrogens with zero attached hydrogens (tertiary/aromatic N) is 3. The largest absolute Gasteiger partial charge is 0.339 e. The molecule has 18 heavy (non-hydrogen) atoms. The fraction of sp³-hybridized carbons (Fsp3) is 0.769. The molecule has 0 bridgehead atoms. The lowest BCUT2D eigenvalue weighted by Crippen LogP contribution is -2.43. The Bertz CT molecular complexity index is 414. The fourth-order valence-corrected chi connectivity index (χ4v) is 2.39. The van der Waals surface area contributed by atoms with E-state index in [2.05, 4.69) is 15.0 Å². The van der Waals surface area contributed by atoms with Crippen LogP contribution in [0.3, 0.4) is 0 Å². The van der Waals surface area contributed by atoms with Crippen molar-refractivity contribution < 1.29 is 9.32 Å².